The Morgan fingerprint density at radius 1 is 1.12 bits per heavy atom. The smallest absolute Gasteiger partial charge is 0.0954 e. The van der Waals surface area contributed by atoms with Crippen molar-refractivity contribution in [2.45, 2.75) is 40.7 Å². The van der Waals surface area contributed by atoms with Crippen LogP contribution in [0.4, 0.5) is 5.69 Å². The van der Waals surface area contributed by atoms with Gasteiger partial charge in [-0.2, -0.15) is 0 Å². The van der Waals surface area contributed by atoms with Crippen molar-refractivity contribution in [3.05, 3.63) is 65.5 Å². The summed E-state index contributed by atoms with van der Waals surface area (Å²) in [6, 6.07) is 11.0. The third kappa shape index (κ3) is 2.54. The fraction of sp³-hybridized carbons (Fsp3) is 0.348. The second kappa shape index (κ2) is 6.31. The molecule has 0 amide bonds. The summed E-state index contributed by atoms with van der Waals surface area (Å²) in [7, 11) is 0. The molecule has 3 heterocycles. The number of aromatic nitrogens is 2. The van der Waals surface area contributed by atoms with E-state index in [1.54, 1.807) is 0 Å². The van der Waals surface area contributed by atoms with Gasteiger partial charge in [0.25, 0.3) is 0 Å². The average Bonchev–Trinajstić information content (AvgIpc) is 2.91. The van der Waals surface area contributed by atoms with E-state index in [0.717, 1.165) is 30.7 Å². The molecule has 0 bridgehead atoms. The molecule has 0 saturated carbocycles. The summed E-state index contributed by atoms with van der Waals surface area (Å²) in [5, 5.41) is 0. The van der Waals surface area contributed by atoms with Gasteiger partial charge in [-0.25, -0.2) is 0 Å². The SMILES string of the molecule is C=C(C(C)C)n1c(C)c(C)c2nccc(N3CCc4ccccc4C3)c21. The Balaban J connectivity index is 1.89. The van der Waals surface area contributed by atoms with Gasteiger partial charge in [0, 0.05) is 30.7 Å². The number of anilines is 1. The van der Waals surface area contributed by atoms with E-state index in [2.05, 4.69) is 74.1 Å². The first-order valence-electron chi connectivity index (χ1n) is 9.46. The molecule has 3 nitrogen and oxygen atoms in total. The molecule has 1 aliphatic heterocycles. The Labute approximate surface area is 156 Å². The van der Waals surface area contributed by atoms with Gasteiger partial charge >= 0.3 is 0 Å². The maximum absolute atomic E-state index is 4.72. The molecule has 0 N–H and O–H groups in total. The molecule has 0 atom stereocenters. The van der Waals surface area contributed by atoms with E-state index in [1.165, 1.54) is 33.6 Å². The van der Waals surface area contributed by atoms with Crippen molar-refractivity contribution < 1.29 is 0 Å². The first-order chi connectivity index (χ1) is 12.5. The van der Waals surface area contributed by atoms with Crippen LogP contribution in [0, 0.1) is 19.8 Å². The summed E-state index contributed by atoms with van der Waals surface area (Å²) >= 11 is 0. The number of allylic oxidation sites excluding steroid dienone is 1. The monoisotopic (exact) mass is 345 g/mol. The molecule has 3 aromatic rings. The minimum atomic E-state index is 0.388. The lowest BCUT2D eigenvalue weighted by Crippen LogP contribution is -2.30. The van der Waals surface area contributed by atoms with Crippen LogP contribution in [0.15, 0.2) is 43.1 Å². The first kappa shape index (κ1) is 16.9. The molecule has 0 fully saturated rings. The maximum Gasteiger partial charge on any atom is 0.0954 e. The van der Waals surface area contributed by atoms with Crippen LogP contribution in [-0.4, -0.2) is 16.1 Å². The standard InChI is InChI=1S/C23H27N3/c1-15(2)17(4)26-18(5)16(3)22-23(26)21(10-12-24-22)25-13-11-19-8-6-7-9-20(19)14-25/h6-10,12,15H,4,11,13-14H2,1-3,5H3. The Bertz CT molecular complexity index is 994. The van der Waals surface area contributed by atoms with Crippen molar-refractivity contribution in [2.75, 3.05) is 11.4 Å². The van der Waals surface area contributed by atoms with Gasteiger partial charge in [-0.3, -0.25) is 4.98 Å². The lowest BCUT2D eigenvalue weighted by Gasteiger charge is -2.31. The van der Waals surface area contributed by atoms with Crippen molar-refractivity contribution in [1.29, 1.82) is 0 Å². The van der Waals surface area contributed by atoms with Crippen LogP contribution in [0.5, 0.6) is 0 Å². The van der Waals surface area contributed by atoms with E-state index in [0.29, 0.717) is 5.92 Å². The zero-order valence-corrected chi connectivity index (χ0v) is 16.2. The van der Waals surface area contributed by atoms with Gasteiger partial charge in [0.15, 0.2) is 0 Å². The van der Waals surface area contributed by atoms with Crippen LogP contribution >= 0.6 is 0 Å². The summed E-state index contributed by atoms with van der Waals surface area (Å²) in [6.07, 6.45) is 3.04. The molecule has 1 aromatic carbocycles. The number of benzene rings is 1. The molecule has 0 radical (unpaired) electrons. The second-order valence-corrected chi connectivity index (χ2v) is 7.66. The van der Waals surface area contributed by atoms with Gasteiger partial charge in [-0.05, 0) is 48.9 Å². The third-order valence-electron chi connectivity index (χ3n) is 5.78. The number of rotatable bonds is 3. The van der Waals surface area contributed by atoms with Crippen molar-refractivity contribution in [2.24, 2.45) is 5.92 Å². The molecule has 1 aliphatic rings. The predicted molar refractivity (Wildman–Crippen MR) is 111 cm³/mol. The summed E-state index contributed by atoms with van der Waals surface area (Å²) < 4.78 is 2.33. The van der Waals surface area contributed by atoms with E-state index < -0.39 is 0 Å². The molecule has 3 heteroatoms. The Kier molecular flexibility index (Phi) is 4.10. The molecule has 26 heavy (non-hydrogen) atoms. The fourth-order valence-electron chi connectivity index (χ4n) is 4.02. The summed E-state index contributed by atoms with van der Waals surface area (Å²) in [5.74, 6) is 0.388. The Hall–Kier alpha value is -2.55. The largest absolute Gasteiger partial charge is 0.365 e. The van der Waals surface area contributed by atoms with Crippen molar-refractivity contribution in [3.8, 4) is 0 Å². The van der Waals surface area contributed by atoms with Gasteiger partial charge in [0.05, 0.1) is 16.7 Å². The number of hydrogen-bond acceptors (Lipinski definition) is 2. The molecule has 2 aromatic heterocycles. The van der Waals surface area contributed by atoms with E-state index in [9.17, 15) is 0 Å². The number of nitrogens with zero attached hydrogens (tertiary/aromatic N) is 3. The van der Waals surface area contributed by atoms with Crippen LogP contribution in [0.1, 0.15) is 36.2 Å². The zero-order valence-electron chi connectivity index (χ0n) is 16.2. The van der Waals surface area contributed by atoms with Gasteiger partial charge < -0.3 is 9.47 Å². The Morgan fingerprint density at radius 2 is 1.85 bits per heavy atom. The van der Waals surface area contributed by atoms with Crippen molar-refractivity contribution in [3.63, 3.8) is 0 Å². The Morgan fingerprint density at radius 3 is 2.58 bits per heavy atom. The molecule has 4 rings (SSSR count). The molecule has 134 valence electrons. The molecular formula is C23H27N3. The first-order valence-corrected chi connectivity index (χ1v) is 9.46. The highest BCUT2D eigenvalue weighted by atomic mass is 15.2. The van der Waals surface area contributed by atoms with E-state index in [1.807, 2.05) is 6.20 Å². The van der Waals surface area contributed by atoms with Crippen LogP contribution in [0.3, 0.4) is 0 Å². The highest BCUT2D eigenvalue weighted by Crippen LogP contribution is 2.36. The lowest BCUT2D eigenvalue weighted by atomic mass is 9.99. The van der Waals surface area contributed by atoms with Crippen LogP contribution in [-0.2, 0) is 13.0 Å². The molecular weight excluding hydrogens is 318 g/mol. The van der Waals surface area contributed by atoms with E-state index >= 15 is 0 Å². The van der Waals surface area contributed by atoms with Gasteiger partial charge in [0.2, 0.25) is 0 Å². The number of fused-ring (bicyclic) bond motifs is 2. The summed E-state index contributed by atoms with van der Waals surface area (Å²) in [5.41, 5.74) is 10.1. The maximum atomic E-state index is 4.72. The highest BCUT2D eigenvalue weighted by molar-refractivity contribution is 5.95. The fourth-order valence-corrected chi connectivity index (χ4v) is 4.02. The highest BCUT2D eigenvalue weighted by Gasteiger charge is 2.23. The lowest BCUT2D eigenvalue weighted by molar-refractivity contribution is 0.731. The van der Waals surface area contributed by atoms with Crippen LogP contribution < -0.4 is 4.90 Å². The van der Waals surface area contributed by atoms with Crippen molar-refractivity contribution >= 4 is 22.4 Å². The van der Waals surface area contributed by atoms with E-state index in [4.69, 9.17) is 4.98 Å². The normalized spacial score (nSPS) is 14.1. The summed E-state index contributed by atoms with van der Waals surface area (Å²) in [6.45, 7) is 15.1. The van der Waals surface area contributed by atoms with Crippen LogP contribution in [0.25, 0.3) is 16.7 Å². The van der Waals surface area contributed by atoms with Gasteiger partial charge in [0.1, 0.15) is 0 Å². The number of aryl methyl sites for hydroxylation is 1. The van der Waals surface area contributed by atoms with Gasteiger partial charge in [-0.1, -0.05) is 44.7 Å². The zero-order chi connectivity index (χ0) is 18.4. The molecule has 0 saturated heterocycles. The predicted octanol–water partition coefficient (Wildman–Crippen LogP) is 5.34. The average molecular weight is 345 g/mol. The number of pyridine rings is 1. The molecule has 0 aliphatic carbocycles. The van der Waals surface area contributed by atoms with Crippen LogP contribution in [0.2, 0.25) is 0 Å². The minimum absolute atomic E-state index is 0.388. The van der Waals surface area contributed by atoms with Gasteiger partial charge in [-0.15, -0.1) is 0 Å². The summed E-state index contributed by atoms with van der Waals surface area (Å²) in [4.78, 5) is 7.21. The topological polar surface area (TPSA) is 21.1 Å². The second-order valence-electron chi connectivity index (χ2n) is 7.66. The third-order valence-corrected chi connectivity index (χ3v) is 5.78. The quantitative estimate of drug-likeness (QED) is 0.638. The van der Waals surface area contributed by atoms with E-state index in [-0.39, 0.29) is 0 Å². The molecule has 0 unspecified atom stereocenters. The molecule has 0 spiro atoms. The van der Waals surface area contributed by atoms with Crippen molar-refractivity contribution in [1.82, 2.24) is 9.55 Å². The minimum Gasteiger partial charge on any atom is -0.365 e. The number of hydrogen-bond donors (Lipinski definition) is 0.